The van der Waals surface area contributed by atoms with Crippen LogP contribution < -0.4 is 10.1 Å². The lowest BCUT2D eigenvalue weighted by Gasteiger charge is -2.10. The third kappa shape index (κ3) is 3.95. The fraction of sp³-hybridized carbons (Fsp3) is 0.200. The van der Waals surface area contributed by atoms with Gasteiger partial charge in [0.15, 0.2) is 0 Å². The second-order valence-electron chi connectivity index (χ2n) is 4.32. The van der Waals surface area contributed by atoms with Crippen LogP contribution in [0.1, 0.15) is 11.1 Å². The summed E-state index contributed by atoms with van der Waals surface area (Å²) in [6, 6.07) is 10.4. The van der Waals surface area contributed by atoms with E-state index in [4.69, 9.17) is 16.3 Å². The molecule has 0 atom stereocenters. The van der Waals surface area contributed by atoms with Gasteiger partial charge in [-0.3, -0.25) is 0 Å². The maximum Gasteiger partial charge on any atom is 0.138 e. The Morgan fingerprint density at radius 2 is 2.05 bits per heavy atom. The monoisotopic (exact) mass is 357 g/mol. The van der Waals surface area contributed by atoms with Gasteiger partial charge in [-0.1, -0.05) is 39.7 Å². The molecule has 0 aliphatic rings. The van der Waals surface area contributed by atoms with E-state index in [0.717, 1.165) is 12.1 Å². The van der Waals surface area contributed by atoms with Gasteiger partial charge in [0, 0.05) is 16.6 Å². The van der Waals surface area contributed by atoms with Crippen molar-refractivity contribution in [1.82, 2.24) is 5.32 Å². The van der Waals surface area contributed by atoms with Crippen LogP contribution in [-0.4, -0.2) is 7.05 Å². The highest BCUT2D eigenvalue weighted by Gasteiger charge is 2.07. The van der Waals surface area contributed by atoms with Crippen molar-refractivity contribution in [2.75, 3.05) is 7.05 Å². The van der Waals surface area contributed by atoms with Crippen LogP contribution in [0.15, 0.2) is 40.9 Å². The Morgan fingerprint density at radius 3 is 2.70 bits per heavy atom. The SMILES string of the molecule is CNCc1ccc(OCc2ccc(Br)cc2F)c(Cl)c1. The zero-order valence-corrected chi connectivity index (χ0v) is 13.3. The lowest BCUT2D eigenvalue weighted by atomic mass is 10.2. The smallest absolute Gasteiger partial charge is 0.138 e. The van der Waals surface area contributed by atoms with Crippen LogP contribution in [-0.2, 0) is 13.2 Å². The van der Waals surface area contributed by atoms with Crippen LogP contribution >= 0.6 is 27.5 Å². The molecule has 0 saturated carbocycles. The maximum atomic E-state index is 13.7. The van der Waals surface area contributed by atoms with E-state index in [2.05, 4.69) is 21.2 Å². The van der Waals surface area contributed by atoms with Crippen LogP contribution in [0.4, 0.5) is 4.39 Å². The third-order valence-corrected chi connectivity index (χ3v) is 3.56. The van der Waals surface area contributed by atoms with Crippen molar-refractivity contribution in [3.05, 3.63) is 62.8 Å². The summed E-state index contributed by atoms with van der Waals surface area (Å²) in [4.78, 5) is 0. The summed E-state index contributed by atoms with van der Waals surface area (Å²) in [6.45, 7) is 0.881. The van der Waals surface area contributed by atoms with Gasteiger partial charge in [-0.05, 0) is 36.9 Å². The van der Waals surface area contributed by atoms with Crippen molar-refractivity contribution in [3.63, 3.8) is 0 Å². The van der Waals surface area contributed by atoms with Gasteiger partial charge in [-0.2, -0.15) is 0 Å². The summed E-state index contributed by atoms with van der Waals surface area (Å²) >= 11 is 9.36. The Morgan fingerprint density at radius 1 is 1.25 bits per heavy atom. The quantitative estimate of drug-likeness (QED) is 0.847. The molecule has 5 heteroatoms. The standard InChI is InChI=1S/C15H14BrClFNO/c1-19-8-10-2-5-15(13(17)6-10)20-9-11-3-4-12(16)7-14(11)18/h2-7,19H,8-9H2,1H3. The van der Waals surface area contributed by atoms with Crippen molar-refractivity contribution in [3.8, 4) is 5.75 Å². The van der Waals surface area contributed by atoms with Crippen molar-refractivity contribution in [1.29, 1.82) is 0 Å². The number of hydrogen-bond acceptors (Lipinski definition) is 2. The van der Waals surface area contributed by atoms with Gasteiger partial charge in [0.25, 0.3) is 0 Å². The predicted molar refractivity (Wildman–Crippen MR) is 82.6 cm³/mol. The molecule has 0 bridgehead atoms. The number of nitrogens with one attached hydrogen (secondary N) is 1. The molecule has 0 unspecified atom stereocenters. The summed E-state index contributed by atoms with van der Waals surface area (Å²) in [5.74, 6) is 0.246. The number of benzene rings is 2. The molecule has 0 aliphatic carbocycles. The first-order valence-electron chi connectivity index (χ1n) is 6.10. The normalized spacial score (nSPS) is 10.6. The molecule has 2 nitrogen and oxygen atoms in total. The van der Waals surface area contributed by atoms with E-state index >= 15 is 0 Å². The molecule has 1 N–H and O–H groups in total. The van der Waals surface area contributed by atoms with Crippen LogP contribution in [0, 0.1) is 5.82 Å². The minimum atomic E-state index is -0.303. The van der Waals surface area contributed by atoms with Gasteiger partial charge in [0.05, 0.1) is 5.02 Å². The lowest BCUT2D eigenvalue weighted by molar-refractivity contribution is 0.300. The van der Waals surface area contributed by atoms with E-state index in [1.54, 1.807) is 18.2 Å². The summed E-state index contributed by atoms with van der Waals surface area (Å²) in [5, 5.41) is 3.57. The van der Waals surface area contributed by atoms with Crippen molar-refractivity contribution in [2.24, 2.45) is 0 Å². The summed E-state index contributed by atoms with van der Waals surface area (Å²) < 4.78 is 19.9. The van der Waals surface area contributed by atoms with Crippen molar-refractivity contribution < 1.29 is 9.13 Å². The van der Waals surface area contributed by atoms with E-state index in [9.17, 15) is 4.39 Å². The first-order valence-corrected chi connectivity index (χ1v) is 7.27. The predicted octanol–water partition coefficient (Wildman–Crippen LogP) is 4.54. The zero-order valence-electron chi connectivity index (χ0n) is 10.9. The molecule has 0 fully saturated rings. The molecular weight excluding hydrogens is 345 g/mol. The molecule has 2 rings (SSSR count). The van der Waals surface area contributed by atoms with E-state index in [1.807, 2.05) is 19.2 Å². The number of ether oxygens (including phenoxy) is 1. The highest BCUT2D eigenvalue weighted by molar-refractivity contribution is 9.10. The lowest BCUT2D eigenvalue weighted by Crippen LogP contribution is -2.05. The van der Waals surface area contributed by atoms with Gasteiger partial charge >= 0.3 is 0 Å². The molecule has 106 valence electrons. The van der Waals surface area contributed by atoms with Gasteiger partial charge < -0.3 is 10.1 Å². The molecule has 2 aromatic carbocycles. The number of rotatable bonds is 5. The Labute approximate surface area is 131 Å². The minimum Gasteiger partial charge on any atom is -0.487 e. The molecule has 0 amide bonds. The second-order valence-corrected chi connectivity index (χ2v) is 5.64. The van der Waals surface area contributed by atoms with E-state index in [-0.39, 0.29) is 12.4 Å². The largest absolute Gasteiger partial charge is 0.487 e. The third-order valence-electron chi connectivity index (χ3n) is 2.78. The zero-order chi connectivity index (χ0) is 14.5. The summed E-state index contributed by atoms with van der Waals surface area (Å²) in [7, 11) is 1.87. The molecule has 0 spiro atoms. The summed E-state index contributed by atoms with van der Waals surface area (Å²) in [6.07, 6.45) is 0. The molecule has 0 radical (unpaired) electrons. The van der Waals surface area contributed by atoms with Crippen LogP contribution in [0.5, 0.6) is 5.75 Å². The average Bonchev–Trinajstić information content (AvgIpc) is 2.40. The van der Waals surface area contributed by atoms with Gasteiger partial charge in [0.2, 0.25) is 0 Å². The molecule has 0 heterocycles. The summed E-state index contributed by atoms with van der Waals surface area (Å²) in [5.41, 5.74) is 1.56. The fourth-order valence-corrected chi connectivity index (χ4v) is 2.36. The van der Waals surface area contributed by atoms with Gasteiger partial charge in [-0.15, -0.1) is 0 Å². The molecule has 20 heavy (non-hydrogen) atoms. The molecule has 0 aliphatic heterocycles. The van der Waals surface area contributed by atoms with Crippen molar-refractivity contribution >= 4 is 27.5 Å². The topological polar surface area (TPSA) is 21.3 Å². The second kappa shape index (κ2) is 7.07. The van der Waals surface area contributed by atoms with Crippen molar-refractivity contribution in [2.45, 2.75) is 13.2 Å². The average molecular weight is 359 g/mol. The van der Waals surface area contributed by atoms with Crippen LogP contribution in [0.25, 0.3) is 0 Å². The molecule has 2 aromatic rings. The van der Waals surface area contributed by atoms with E-state index in [1.165, 1.54) is 6.07 Å². The highest BCUT2D eigenvalue weighted by Crippen LogP contribution is 2.27. The first kappa shape index (κ1) is 15.3. The molecular formula is C15H14BrClFNO. The Bertz CT molecular complexity index is 606. The molecule has 0 aromatic heterocycles. The van der Waals surface area contributed by atoms with Gasteiger partial charge in [-0.25, -0.2) is 4.39 Å². The van der Waals surface area contributed by atoms with E-state index in [0.29, 0.717) is 20.8 Å². The maximum absolute atomic E-state index is 13.7. The Hall–Kier alpha value is -1.10. The minimum absolute atomic E-state index is 0.143. The molecule has 0 saturated heterocycles. The fourth-order valence-electron chi connectivity index (χ4n) is 1.77. The van der Waals surface area contributed by atoms with Gasteiger partial charge in [0.1, 0.15) is 18.2 Å². The van der Waals surface area contributed by atoms with Crippen LogP contribution in [0.2, 0.25) is 5.02 Å². The number of hydrogen-bond donors (Lipinski definition) is 1. The van der Waals surface area contributed by atoms with E-state index < -0.39 is 0 Å². The Balaban J connectivity index is 2.07. The highest BCUT2D eigenvalue weighted by atomic mass is 79.9. The number of halogens is 3. The first-order chi connectivity index (χ1) is 9.60. The van der Waals surface area contributed by atoms with Crippen LogP contribution in [0.3, 0.4) is 0 Å². The Kier molecular flexibility index (Phi) is 5.40.